The van der Waals surface area contributed by atoms with Crippen LogP contribution in [0.4, 0.5) is 0 Å². The van der Waals surface area contributed by atoms with E-state index in [0.717, 1.165) is 24.2 Å². The van der Waals surface area contributed by atoms with E-state index in [9.17, 15) is 0 Å². The summed E-state index contributed by atoms with van der Waals surface area (Å²) < 4.78 is 11.4. The zero-order chi connectivity index (χ0) is 18.1. The molecular weight excluding hydrogens is 334 g/mol. The smallest absolute Gasteiger partial charge is 0.180 e. The lowest BCUT2D eigenvalue weighted by Crippen LogP contribution is -2.14. The van der Waals surface area contributed by atoms with Crippen LogP contribution in [0.1, 0.15) is 42.9 Å². The first-order valence-electron chi connectivity index (χ1n) is 8.89. The molecule has 0 amide bonds. The van der Waals surface area contributed by atoms with Crippen molar-refractivity contribution in [1.82, 2.24) is 5.32 Å². The Labute approximate surface area is 156 Å². The van der Waals surface area contributed by atoms with Crippen LogP contribution in [0.5, 0.6) is 11.5 Å². The summed E-state index contributed by atoms with van der Waals surface area (Å²) in [5, 5.41) is 4.02. The molecule has 0 aromatic heterocycles. The van der Waals surface area contributed by atoms with Crippen LogP contribution in [0, 0.1) is 6.92 Å². The minimum Gasteiger partial charge on any atom is -0.493 e. The average Bonchev–Trinajstić information content (AvgIpc) is 2.61. The number of ether oxygens (including phenoxy) is 2. The summed E-state index contributed by atoms with van der Waals surface area (Å²) >= 11 is 6.43. The molecule has 1 N–H and O–H groups in total. The van der Waals surface area contributed by atoms with Gasteiger partial charge in [0, 0.05) is 6.54 Å². The van der Waals surface area contributed by atoms with Crippen molar-refractivity contribution in [2.24, 2.45) is 0 Å². The quantitative estimate of drug-likeness (QED) is 0.565. The van der Waals surface area contributed by atoms with Crippen LogP contribution < -0.4 is 14.8 Å². The maximum atomic E-state index is 6.43. The van der Waals surface area contributed by atoms with Crippen molar-refractivity contribution >= 4 is 11.6 Å². The Hall–Kier alpha value is -1.71. The van der Waals surface area contributed by atoms with Crippen LogP contribution >= 0.6 is 11.6 Å². The Morgan fingerprint density at radius 1 is 1.04 bits per heavy atom. The SMILES string of the molecule is CCCCCNCc1cc(Cl)c(OCc2ccc(C)cc2)c(OC)c1. The fraction of sp³-hybridized carbons (Fsp3) is 0.429. The van der Waals surface area contributed by atoms with Crippen molar-refractivity contribution in [1.29, 1.82) is 0 Å². The highest BCUT2D eigenvalue weighted by Crippen LogP contribution is 2.37. The van der Waals surface area contributed by atoms with Gasteiger partial charge in [0.15, 0.2) is 11.5 Å². The average molecular weight is 362 g/mol. The van der Waals surface area contributed by atoms with E-state index in [1.807, 2.05) is 12.1 Å². The fourth-order valence-electron chi connectivity index (χ4n) is 2.59. The molecule has 0 fully saturated rings. The third-order valence-corrected chi connectivity index (χ3v) is 4.36. The van der Waals surface area contributed by atoms with E-state index in [0.29, 0.717) is 23.1 Å². The molecule has 0 bridgehead atoms. The van der Waals surface area contributed by atoms with Gasteiger partial charge in [0.05, 0.1) is 12.1 Å². The van der Waals surface area contributed by atoms with Gasteiger partial charge in [-0.25, -0.2) is 0 Å². The van der Waals surface area contributed by atoms with Gasteiger partial charge in [-0.1, -0.05) is 61.2 Å². The molecule has 0 aliphatic carbocycles. The molecule has 2 aromatic carbocycles. The van der Waals surface area contributed by atoms with Gasteiger partial charge in [-0.15, -0.1) is 0 Å². The van der Waals surface area contributed by atoms with Gasteiger partial charge in [0.1, 0.15) is 6.61 Å². The lowest BCUT2D eigenvalue weighted by molar-refractivity contribution is 0.284. The highest BCUT2D eigenvalue weighted by molar-refractivity contribution is 6.32. The van der Waals surface area contributed by atoms with Crippen LogP contribution in [0.2, 0.25) is 5.02 Å². The number of aryl methyl sites for hydroxylation is 1. The molecule has 3 nitrogen and oxygen atoms in total. The lowest BCUT2D eigenvalue weighted by Gasteiger charge is -2.15. The lowest BCUT2D eigenvalue weighted by atomic mass is 10.1. The van der Waals surface area contributed by atoms with E-state index in [1.54, 1.807) is 7.11 Å². The molecule has 0 aliphatic heterocycles. The first kappa shape index (κ1) is 19.6. The monoisotopic (exact) mass is 361 g/mol. The molecule has 25 heavy (non-hydrogen) atoms. The maximum Gasteiger partial charge on any atom is 0.180 e. The summed E-state index contributed by atoms with van der Waals surface area (Å²) in [4.78, 5) is 0. The Balaban J connectivity index is 1.99. The summed E-state index contributed by atoms with van der Waals surface area (Å²) in [5.74, 6) is 1.27. The highest BCUT2D eigenvalue weighted by Gasteiger charge is 2.12. The van der Waals surface area contributed by atoms with E-state index in [4.69, 9.17) is 21.1 Å². The van der Waals surface area contributed by atoms with Crippen molar-refractivity contribution in [3.63, 3.8) is 0 Å². The molecule has 0 unspecified atom stereocenters. The molecule has 2 rings (SSSR count). The molecule has 4 heteroatoms. The van der Waals surface area contributed by atoms with Crippen LogP contribution in [0.15, 0.2) is 36.4 Å². The van der Waals surface area contributed by atoms with Crippen molar-refractivity contribution < 1.29 is 9.47 Å². The molecule has 0 aliphatic rings. The number of hydrogen-bond acceptors (Lipinski definition) is 3. The van der Waals surface area contributed by atoms with Crippen LogP contribution in [-0.4, -0.2) is 13.7 Å². The van der Waals surface area contributed by atoms with Gasteiger partial charge in [-0.05, 0) is 43.1 Å². The van der Waals surface area contributed by atoms with E-state index < -0.39 is 0 Å². The molecule has 0 radical (unpaired) electrons. The van der Waals surface area contributed by atoms with Crippen LogP contribution in [0.25, 0.3) is 0 Å². The van der Waals surface area contributed by atoms with Crippen molar-refractivity contribution in [3.05, 3.63) is 58.1 Å². The number of nitrogens with one attached hydrogen (secondary N) is 1. The van der Waals surface area contributed by atoms with Crippen molar-refractivity contribution in [2.45, 2.75) is 46.3 Å². The minimum atomic E-state index is 0.463. The Bertz CT molecular complexity index is 656. The first-order valence-corrected chi connectivity index (χ1v) is 9.27. The number of rotatable bonds is 10. The largest absolute Gasteiger partial charge is 0.493 e. The molecule has 0 saturated heterocycles. The van der Waals surface area contributed by atoms with Crippen LogP contribution in [0.3, 0.4) is 0 Å². The van der Waals surface area contributed by atoms with E-state index in [-0.39, 0.29) is 0 Å². The standard InChI is InChI=1S/C21H28ClNO2/c1-4-5-6-11-23-14-18-12-19(22)21(20(13-18)24-3)25-15-17-9-7-16(2)8-10-17/h7-10,12-13,23H,4-6,11,14-15H2,1-3H3. The van der Waals surface area contributed by atoms with E-state index >= 15 is 0 Å². The second kappa shape index (κ2) is 10.3. The third-order valence-electron chi connectivity index (χ3n) is 4.08. The molecule has 0 spiro atoms. The summed E-state index contributed by atoms with van der Waals surface area (Å²) in [6, 6.07) is 12.2. The van der Waals surface area contributed by atoms with Crippen molar-refractivity contribution in [2.75, 3.05) is 13.7 Å². The summed E-state index contributed by atoms with van der Waals surface area (Å²) in [6.07, 6.45) is 3.68. The second-order valence-corrected chi connectivity index (χ2v) is 6.67. The minimum absolute atomic E-state index is 0.463. The van der Waals surface area contributed by atoms with E-state index in [2.05, 4.69) is 43.4 Å². The Morgan fingerprint density at radius 2 is 1.80 bits per heavy atom. The summed E-state index contributed by atoms with van der Waals surface area (Å²) in [6.45, 7) is 6.53. The van der Waals surface area contributed by atoms with Crippen molar-refractivity contribution in [3.8, 4) is 11.5 Å². The number of methoxy groups -OCH3 is 1. The Morgan fingerprint density at radius 3 is 2.48 bits per heavy atom. The molecule has 136 valence electrons. The highest BCUT2D eigenvalue weighted by atomic mass is 35.5. The third kappa shape index (κ3) is 6.26. The first-order chi connectivity index (χ1) is 12.1. The fourth-order valence-corrected chi connectivity index (χ4v) is 2.88. The predicted octanol–water partition coefficient (Wildman–Crippen LogP) is 5.52. The zero-order valence-electron chi connectivity index (χ0n) is 15.4. The second-order valence-electron chi connectivity index (χ2n) is 6.27. The number of unbranched alkanes of at least 4 members (excludes halogenated alkanes) is 2. The zero-order valence-corrected chi connectivity index (χ0v) is 16.2. The van der Waals surface area contributed by atoms with Gasteiger partial charge in [0.25, 0.3) is 0 Å². The molecule has 0 heterocycles. The van der Waals surface area contributed by atoms with E-state index in [1.165, 1.54) is 24.8 Å². The summed E-state index contributed by atoms with van der Waals surface area (Å²) in [5.41, 5.74) is 3.43. The summed E-state index contributed by atoms with van der Waals surface area (Å²) in [7, 11) is 1.64. The number of hydrogen-bond donors (Lipinski definition) is 1. The topological polar surface area (TPSA) is 30.5 Å². The van der Waals surface area contributed by atoms with Gasteiger partial charge >= 0.3 is 0 Å². The van der Waals surface area contributed by atoms with Crippen LogP contribution in [-0.2, 0) is 13.2 Å². The van der Waals surface area contributed by atoms with Gasteiger partial charge in [-0.3, -0.25) is 0 Å². The van der Waals surface area contributed by atoms with Gasteiger partial charge < -0.3 is 14.8 Å². The maximum absolute atomic E-state index is 6.43. The molecule has 0 atom stereocenters. The molecule has 0 saturated carbocycles. The molecular formula is C21H28ClNO2. The molecule has 2 aromatic rings. The normalized spacial score (nSPS) is 10.7. The van der Waals surface area contributed by atoms with Gasteiger partial charge in [0.2, 0.25) is 0 Å². The Kier molecular flexibility index (Phi) is 8.10. The number of halogens is 1. The predicted molar refractivity (Wildman–Crippen MR) is 105 cm³/mol. The number of benzene rings is 2. The van der Waals surface area contributed by atoms with Gasteiger partial charge in [-0.2, -0.15) is 0 Å².